The third kappa shape index (κ3) is 2.42. The summed E-state index contributed by atoms with van der Waals surface area (Å²) in [5, 5.41) is 3.19. The Kier molecular flexibility index (Phi) is 3.06. The van der Waals surface area contributed by atoms with E-state index in [1.54, 1.807) is 0 Å². The van der Waals surface area contributed by atoms with Gasteiger partial charge < -0.3 is 10.1 Å². The second-order valence-electron chi connectivity index (χ2n) is 6.88. The lowest BCUT2D eigenvalue weighted by atomic mass is 10.0. The lowest BCUT2D eigenvalue weighted by Crippen LogP contribution is -2.53. The maximum Gasteiger partial charge on any atom is 0.252 e. The topological polar surface area (TPSA) is 51.4 Å². The fourth-order valence-electron chi connectivity index (χ4n) is 3.35. The van der Waals surface area contributed by atoms with Crippen molar-refractivity contribution in [3.05, 3.63) is 23.9 Å². The van der Waals surface area contributed by atoms with E-state index in [2.05, 4.69) is 39.6 Å². The quantitative estimate of drug-likeness (QED) is 0.784. The Morgan fingerprint density at radius 3 is 2.86 bits per heavy atom. The number of nitrogens with zero attached hydrogens (tertiary/aromatic N) is 3. The highest BCUT2D eigenvalue weighted by molar-refractivity contribution is 6.02. The number of morpholine rings is 1. The van der Waals surface area contributed by atoms with Crippen LogP contribution >= 0.6 is 0 Å². The number of carbonyl (C=O) groups is 1. The van der Waals surface area contributed by atoms with Gasteiger partial charge in [0.1, 0.15) is 6.67 Å². The van der Waals surface area contributed by atoms with Crippen LogP contribution in [-0.2, 0) is 11.4 Å². The van der Waals surface area contributed by atoms with Crippen molar-refractivity contribution in [3.8, 4) is 11.3 Å². The summed E-state index contributed by atoms with van der Waals surface area (Å²) in [6.45, 7) is 9.37. The Balaban J connectivity index is 1.44. The molecular weight excluding hydrogens is 280 g/mol. The summed E-state index contributed by atoms with van der Waals surface area (Å²) < 4.78 is 9.65. The largest absolute Gasteiger partial charge is 0.379 e. The van der Waals surface area contributed by atoms with Gasteiger partial charge in [0, 0.05) is 36.9 Å². The first-order valence-corrected chi connectivity index (χ1v) is 7.85. The fraction of sp³-hybridized carbons (Fsp3) is 0.562. The first kappa shape index (κ1) is 13.8. The molecule has 0 radical (unpaired) electrons. The Bertz CT molecular complexity index is 679. The lowest BCUT2D eigenvalue weighted by molar-refractivity contribution is 0.0269. The summed E-state index contributed by atoms with van der Waals surface area (Å²) >= 11 is 0. The average Bonchev–Trinajstić information content (AvgIpc) is 2.94. The van der Waals surface area contributed by atoms with Gasteiger partial charge >= 0.3 is 0 Å². The summed E-state index contributed by atoms with van der Waals surface area (Å²) in [5.41, 5.74) is 2.71. The normalized spacial score (nSPS) is 18.5. The minimum absolute atomic E-state index is 0.0134. The Labute approximate surface area is 129 Å². The van der Waals surface area contributed by atoms with Crippen molar-refractivity contribution in [1.82, 2.24) is 19.6 Å². The van der Waals surface area contributed by atoms with E-state index in [4.69, 9.17) is 4.74 Å². The highest BCUT2D eigenvalue weighted by Crippen LogP contribution is 2.34. The summed E-state index contributed by atoms with van der Waals surface area (Å²) in [6, 6.07) is 3.96. The van der Waals surface area contributed by atoms with Crippen molar-refractivity contribution in [2.45, 2.75) is 26.1 Å². The maximum atomic E-state index is 12.6. The van der Waals surface area contributed by atoms with Crippen LogP contribution < -0.4 is 5.32 Å². The fourth-order valence-corrected chi connectivity index (χ4v) is 3.35. The minimum atomic E-state index is -0.263. The van der Waals surface area contributed by atoms with Gasteiger partial charge in [-0.25, -0.2) is 0 Å². The summed E-state index contributed by atoms with van der Waals surface area (Å²) in [7, 11) is 0. The van der Waals surface area contributed by atoms with Crippen molar-refractivity contribution in [3.63, 3.8) is 0 Å². The van der Waals surface area contributed by atoms with Gasteiger partial charge in [0.25, 0.3) is 5.91 Å². The number of ether oxygens (including phenoxy) is 1. The number of aromatic nitrogens is 2. The molecule has 0 atom stereocenters. The Hall–Kier alpha value is -1.79. The molecule has 6 nitrogen and oxygen atoms in total. The van der Waals surface area contributed by atoms with E-state index in [1.165, 1.54) is 0 Å². The van der Waals surface area contributed by atoms with Crippen LogP contribution in [0.2, 0.25) is 0 Å². The van der Waals surface area contributed by atoms with Crippen molar-refractivity contribution in [2.24, 2.45) is 0 Å². The van der Waals surface area contributed by atoms with E-state index in [9.17, 15) is 4.79 Å². The molecule has 1 fully saturated rings. The zero-order valence-corrected chi connectivity index (χ0v) is 13.1. The van der Waals surface area contributed by atoms with Crippen LogP contribution in [-0.4, -0.2) is 58.6 Å². The molecule has 1 saturated heterocycles. The number of amides is 1. The van der Waals surface area contributed by atoms with Gasteiger partial charge in [-0.2, -0.15) is 0 Å². The van der Waals surface area contributed by atoms with Crippen molar-refractivity contribution in [1.29, 1.82) is 0 Å². The van der Waals surface area contributed by atoms with Crippen molar-refractivity contribution >= 4 is 5.91 Å². The molecule has 0 unspecified atom stereocenters. The molecule has 0 aromatic heterocycles. The molecule has 3 aliphatic heterocycles. The van der Waals surface area contributed by atoms with E-state index in [0.29, 0.717) is 0 Å². The molecule has 22 heavy (non-hydrogen) atoms. The molecule has 118 valence electrons. The highest BCUT2D eigenvalue weighted by atomic mass is 16.5. The first-order valence-electron chi connectivity index (χ1n) is 7.85. The van der Waals surface area contributed by atoms with Crippen LogP contribution in [0, 0.1) is 0 Å². The van der Waals surface area contributed by atoms with Gasteiger partial charge in [-0.3, -0.25) is 19.1 Å². The number of rotatable bonds is 4. The van der Waals surface area contributed by atoms with Crippen molar-refractivity contribution in [2.75, 3.05) is 32.8 Å². The predicted molar refractivity (Wildman–Crippen MR) is 83.2 cm³/mol. The monoisotopic (exact) mass is 302 g/mol. The van der Waals surface area contributed by atoms with Gasteiger partial charge in [-0.1, -0.05) is 0 Å². The van der Waals surface area contributed by atoms with Crippen molar-refractivity contribution < 1.29 is 9.53 Å². The van der Waals surface area contributed by atoms with Crippen LogP contribution in [0.4, 0.5) is 0 Å². The second kappa shape index (κ2) is 4.86. The summed E-state index contributed by atoms with van der Waals surface area (Å²) in [5.74, 6) is 0.0134. The van der Waals surface area contributed by atoms with E-state index >= 15 is 0 Å². The smallest absolute Gasteiger partial charge is 0.252 e. The second-order valence-corrected chi connectivity index (χ2v) is 6.88. The SMILES string of the molecule is CC(C)(CN1CCOCC1)NC(=O)c1ccc2n3n(cc1-2)C3. The molecule has 1 N–H and O–H groups in total. The lowest BCUT2D eigenvalue weighted by Gasteiger charge is -2.35. The molecule has 0 spiro atoms. The van der Waals surface area contributed by atoms with Gasteiger partial charge in [-0.05, 0) is 26.0 Å². The van der Waals surface area contributed by atoms with Crippen LogP contribution in [0.1, 0.15) is 24.2 Å². The van der Waals surface area contributed by atoms with Crippen LogP contribution in [0.5, 0.6) is 0 Å². The Morgan fingerprint density at radius 1 is 1.32 bits per heavy atom. The van der Waals surface area contributed by atoms with E-state index in [-0.39, 0.29) is 11.4 Å². The van der Waals surface area contributed by atoms with Gasteiger partial charge in [0.15, 0.2) is 0 Å². The highest BCUT2D eigenvalue weighted by Gasteiger charge is 2.30. The molecule has 1 amide bonds. The molecule has 0 aromatic carbocycles. The zero-order chi connectivity index (χ0) is 15.3. The first-order chi connectivity index (χ1) is 10.5. The van der Waals surface area contributed by atoms with Crippen LogP contribution in [0.3, 0.4) is 0 Å². The van der Waals surface area contributed by atoms with Gasteiger partial charge in [0.05, 0.1) is 24.5 Å². The molecule has 4 rings (SSSR count). The van der Waals surface area contributed by atoms with E-state index in [1.807, 2.05) is 12.1 Å². The summed E-state index contributed by atoms with van der Waals surface area (Å²) in [4.78, 5) is 15.0. The van der Waals surface area contributed by atoms with E-state index in [0.717, 1.165) is 56.3 Å². The molecule has 0 bridgehead atoms. The summed E-state index contributed by atoms with van der Waals surface area (Å²) in [6.07, 6.45) is 2.05. The average molecular weight is 302 g/mol. The molecule has 0 saturated carbocycles. The molecule has 3 heterocycles. The molecular formula is C16H22N4O2. The van der Waals surface area contributed by atoms with Gasteiger partial charge in [0.2, 0.25) is 0 Å². The number of hydrogen-bond acceptors (Lipinski definition) is 3. The zero-order valence-electron chi connectivity index (χ0n) is 13.1. The number of fused-ring (bicyclic) bond motifs is 3. The minimum Gasteiger partial charge on any atom is -0.379 e. The predicted octanol–water partition coefficient (Wildman–Crippen LogP) is 1.05. The van der Waals surface area contributed by atoms with Gasteiger partial charge in [-0.15, -0.1) is 0 Å². The maximum absolute atomic E-state index is 12.6. The van der Waals surface area contributed by atoms with E-state index < -0.39 is 0 Å². The Morgan fingerprint density at radius 2 is 2.09 bits per heavy atom. The van der Waals surface area contributed by atoms with Crippen LogP contribution in [0.15, 0.2) is 18.3 Å². The van der Waals surface area contributed by atoms with Crippen LogP contribution in [0.25, 0.3) is 11.3 Å². The third-order valence-corrected chi connectivity index (χ3v) is 4.45. The molecule has 6 heteroatoms. The number of hydrogen-bond donors (Lipinski definition) is 1. The molecule has 1 aliphatic carbocycles. The number of carbonyl (C=O) groups excluding carboxylic acids is 1. The standard InChI is InChI=1S/C16H22N4O2/c1-16(2,10-18-5-7-22-8-6-18)17-15(21)12-3-4-14-13(12)9-19-11-20(14)19/h3-4,9H,5-8,10-11H2,1-2H3,(H,17,21). The number of nitrogens with one attached hydrogen (secondary N) is 1. The molecule has 4 aliphatic rings. The molecule has 0 aromatic rings. The third-order valence-electron chi connectivity index (χ3n) is 4.45.